The molecule has 2 amide bonds. The van der Waals surface area contributed by atoms with Gasteiger partial charge in [0.15, 0.2) is 0 Å². The van der Waals surface area contributed by atoms with E-state index in [0.29, 0.717) is 0 Å². The van der Waals surface area contributed by atoms with Crippen molar-refractivity contribution in [1.29, 1.82) is 0 Å². The van der Waals surface area contributed by atoms with E-state index in [4.69, 9.17) is 16.6 Å². The van der Waals surface area contributed by atoms with Gasteiger partial charge in [0.05, 0.1) is 16.7 Å². The maximum Gasteiger partial charge on any atom is 0.336 e. The van der Waals surface area contributed by atoms with Crippen molar-refractivity contribution in [2.45, 2.75) is 0 Å². The van der Waals surface area contributed by atoms with Gasteiger partial charge in [0.25, 0.3) is 0 Å². The van der Waals surface area contributed by atoms with E-state index in [2.05, 4.69) is 0 Å². The molecule has 0 fully saturated rings. The molecule has 0 aliphatic rings. The number of nitrogens with two attached hydrogens (primary N) is 2. The summed E-state index contributed by atoms with van der Waals surface area (Å²) in [6.07, 6.45) is 0. The fourth-order valence-electron chi connectivity index (χ4n) is 1.20. The minimum absolute atomic E-state index is 0.192. The first-order valence-corrected chi connectivity index (χ1v) is 3.91. The van der Waals surface area contributed by atoms with Crippen LogP contribution in [0, 0.1) is 0 Å². The van der Waals surface area contributed by atoms with Gasteiger partial charge in [-0.2, -0.15) is 0 Å². The fourth-order valence-corrected chi connectivity index (χ4v) is 1.20. The number of benzene rings is 1. The lowest BCUT2D eigenvalue weighted by Crippen LogP contribution is -2.23. The Balaban J connectivity index is 3.56. The number of primary amides is 2. The molecule has 0 atom stereocenters. The van der Waals surface area contributed by atoms with Gasteiger partial charge in [-0.3, -0.25) is 9.59 Å². The SMILES string of the molecule is NC(=O)c1cccc(C(=O)O)c1C(N)=O. The van der Waals surface area contributed by atoms with Gasteiger partial charge in [-0.25, -0.2) is 4.79 Å². The maximum absolute atomic E-state index is 11.0. The molecule has 0 unspecified atom stereocenters. The lowest BCUT2D eigenvalue weighted by Gasteiger charge is -2.05. The third-order valence-electron chi connectivity index (χ3n) is 1.81. The standard InChI is InChI=1S/C9H8N2O4/c10-7(12)4-2-1-3-5(9(14)15)6(4)8(11)13/h1-3H,(H2,10,12)(H2,11,13)(H,14,15). The van der Waals surface area contributed by atoms with E-state index in [1.54, 1.807) is 0 Å². The zero-order valence-corrected chi connectivity index (χ0v) is 7.56. The quantitative estimate of drug-likeness (QED) is 0.624. The van der Waals surface area contributed by atoms with Crippen LogP contribution >= 0.6 is 0 Å². The molecule has 0 aliphatic heterocycles. The molecule has 1 aromatic carbocycles. The van der Waals surface area contributed by atoms with Crippen LogP contribution in [-0.2, 0) is 0 Å². The first-order chi connectivity index (χ1) is 6.95. The van der Waals surface area contributed by atoms with Crippen LogP contribution in [0.2, 0.25) is 0 Å². The van der Waals surface area contributed by atoms with Crippen molar-refractivity contribution in [3.8, 4) is 0 Å². The van der Waals surface area contributed by atoms with Crippen molar-refractivity contribution in [3.63, 3.8) is 0 Å². The van der Waals surface area contributed by atoms with Gasteiger partial charge in [-0.15, -0.1) is 0 Å². The molecule has 0 bridgehead atoms. The monoisotopic (exact) mass is 208 g/mol. The minimum Gasteiger partial charge on any atom is -0.478 e. The zero-order chi connectivity index (χ0) is 11.6. The van der Waals surface area contributed by atoms with E-state index >= 15 is 0 Å². The van der Waals surface area contributed by atoms with Crippen LogP contribution < -0.4 is 11.5 Å². The second-order valence-electron chi connectivity index (χ2n) is 2.76. The molecule has 6 heteroatoms. The van der Waals surface area contributed by atoms with E-state index in [0.717, 1.165) is 0 Å². The van der Waals surface area contributed by atoms with Crippen LogP contribution in [0.1, 0.15) is 31.1 Å². The van der Waals surface area contributed by atoms with Gasteiger partial charge in [0.1, 0.15) is 0 Å². The molecule has 0 aromatic heterocycles. The van der Waals surface area contributed by atoms with Gasteiger partial charge in [-0.05, 0) is 12.1 Å². The average Bonchev–Trinajstić information content (AvgIpc) is 2.16. The number of carboxylic acid groups (broad SMARTS) is 1. The molecule has 0 heterocycles. The first-order valence-electron chi connectivity index (χ1n) is 3.91. The van der Waals surface area contributed by atoms with Gasteiger partial charge in [0, 0.05) is 0 Å². The third kappa shape index (κ3) is 1.93. The molecule has 0 aliphatic carbocycles. The topological polar surface area (TPSA) is 123 Å². The summed E-state index contributed by atoms with van der Waals surface area (Å²) in [4.78, 5) is 32.7. The smallest absolute Gasteiger partial charge is 0.336 e. The number of hydrogen-bond donors (Lipinski definition) is 3. The number of carbonyl (C=O) groups is 3. The van der Waals surface area contributed by atoms with Crippen molar-refractivity contribution in [2.75, 3.05) is 0 Å². The summed E-state index contributed by atoms with van der Waals surface area (Å²) in [5, 5.41) is 8.76. The van der Waals surface area contributed by atoms with Crippen molar-refractivity contribution in [1.82, 2.24) is 0 Å². The average molecular weight is 208 g/mol. The molecule has 0 radical (unpaired) electrons. The Kier molecular flexibility index (Phi) is 2.70. The summed E-state index contributed by atoms with van der Waals surface area (Å²) in [7, 11) is 0. The highest BCUT2D eigenvalue weighted by Gasteiger charge is 2.20. The summed E-state index contributed by atoms with van der Waals surface area (Å²) >= 11 is 0. The zero-order valence-electron chi connectivity index (χ0n) is 7.56. The predicted octanol–water partition coefficient (Wildman–Crippen LogP) is -0.417. The van der Waals surface area contributed by atoms with Crippen LogP contribution in [-0.4, -0.2) is 22.9 Å². The molecule has 0 spiro atoms. The van der Waals surface area contributed by atoms with E-state index in [9.17, 15) is 14.4 Å². The van der Waals surface area contributed by atoms with Gasteiger partial charge >= 0.3 is 5.97 Å². The number of carbonyl (C=O) groups excluding carboxylic acids is 2. The highest BCUT2D eigenvalue weighted by atomic mass is 16.4. The lowest BCUT2D eigenvalue weighted by atomic mass is 10.00. The molecular weight excluding hydrogens is 200 g/mol. The maximum atomic E-state index is 11.0. The summed E-state index contributed by atoms with van der Waals surface area (Å²) in [6.45, 7) is 0. The van der Waals surface area contributed by atoms with Crippen LogP contribution in [0.25, 0.3) is 0 Å². The van der Waals surface area contributed by atoms with Crippen molar-refractivity contribution in [3.05, 3.63) is 34.9 Å². The summed E-state index contributed by atoms with van der Waals surface area (Å²) in [5.41, 5.74) is 9.07. The van der Waals surface area contributed by atoms with Gasteiger partial charge in [0.2, 0.25) is 11.8 Å². The largest absolute Gasteiger partial charge is 0.478 e. The van der Waals surface area contributed by atoms with Crippen LogP contribution in [0.3, 0.4) is 0 Å². The Bertz CT molecular complexity index is 421. The Morgan fingerprint density at radius 2 is 1.53 bits per heavy atom. The molecule has 6 nitrogen and oxygen atoms in total. The normalized spacial score (nSPS) is 9.60. The third-order valence-corrected chi connectivity index (χ3v) is 1.81. The van der Waals surface area contributed by atoms with Crippen LogP contribution in [0.15, 0.2) is 18.2 Å². The number of amides is 2. The molecule has 0 saturated heterocycles. The molecule has 1 aromatic rings. The van der Waals surface area contributed by atoms with Gasteiger partial charge < -0.3 is 16.6 Å². The van der Waals surface area contributed by atoms with Crippen molar-refractivity contribution < 1.29 is 19.5 Å². The molecular formula is C9H8N2O4. The van der Waals surface area contributed by atoms with Crippen molar-refractivity contribution in [2.24, 2.45) is 11.5 Å². The molecule has 78 valence electrons. The highest BCUT2D eigenvalue weighted by Crippen LogP contribution is 2.14. The number of rotatable bonds is 3. The summed E-state index contributed by atoms with van der Waals surface area (Å²) < 4.78 is 0. The summed E-state index contributed by atoms with van der Waals surface area (Å²) in [5.74, 6) is -3.24. The number of carboxylic acids is 1. The van der Waals surface area contributed by atoms with Crippen LogP contribution in [0.4, 0.5) is 0 Å². The molecule has 0 saturated carbocycles. The van der Waals surface area contributed by atoms with E-state index in [1.807, 2.05) is 0 Å². The second-order valence-corrected chi connectivity index (χ2v) is 2.76. The predicted molar refractivity (Wildman–Crippen MR) is 50.4 cm³/mol. The van der Waals surface area contributed by atoms with E-state index in [-0.39, 0.29) is 16.7 Å². The van der Waals surface area contributed by atoms with Crippen LogP contribution in [0.5, 0.6) is 0 Å². The highest BCUT2D eigenvalue weighted by molar-refractivity contribution is 6.12. The Morgan fingerprint density at radius 1 is 1.00 bits per heavy atom. The van der Waals surface area contributed by atoms with Gasteiger partial charge in [-0.1, -0.05) is 6.07 Å². The van der Waals surface area contributed by atoms with E-state index < -0.39 is 17.8 Å². The minimum atomic E-state index is -1.34. The Morgan fingerprint density at radius 3 is 1.93 bits per heavy atom. The Labute approximate surface area is 84.5 Å². The van der Waals surface area contributed by atoms with Crippen molar-refractivity contribution >= 4 is 17.8 Å². The second kappa shape index (κ2) is 3.79. The Hall–Kier alpha value is -2.37. The van der Waals surface area contributed by atoms with E-state index in [1.165, 1.54) is 18.2 Å². The first kappa shape index (κ1) is 10.7. The summed E-state index contributed by atoms with van der Waals surface area (Å²) in [6, 6.07) is 3.74. The molecule has 15 heavy (non-hydrogen) atoms. The lowest BCUT2D eigenvalue weighted by molar-refractivity contribution is 0.0692. The fraction of sp³-hybridized carbons (Fsp3) is 0. The number of hydrogen-bond acceptors (Lipinski definition) is 3. The molecule has 1 rings (SSSR count). The number of aromatic carboxylic acids is 1. The molecule has 5 N–H and O–H groups in total.